The zero-order valence-electron chi connectivity index (χ0n) is 19.3. The predicted molar refractivity (Wildman–Crippen MR) is 117 cm³/mol. The number of imide groups is 1. The maximum atomic E-state index is 15.2. The van der Waals surface area contributed by atoms with Gasteiger partial charge in [0.25, 0.3) is 5.91 Å². The highest BCUT2D eigenvalue weighted by Crippen LogP contribution is 2.35. The van der Waals surface area contributed by atoms with Crippen molar-refractivity contribution < 1.29 is 41.8 Å². The predicted octanol–water partition coefficient (Wildman–Crippen LogP) is 2.01. The van der Waals surface area contributed by atoms with Crippen molar-refractivity contribution in [3.63, 3.8) is 0 Å². The molecule has 4 amide bonds. The molecule has 5 rings (SSSR count). The Hall–Kier alpha value is -4.10. The molecule has 1 unspecified atom stereocenters. The fraction of sp³-hybridized carbons (Fsp3) is 0.435. The molecule has 0 bridgehead atoms. The maximum absolute atomic E-state index is 15.2. The first-order valence-corrected chi connectivity index (χ1v) is 11.6. The van der Waals surface area contributed by atoms with Crippen molar-refractivity contribution in [3.05, 3.63) is 46.9 Å². The third-order valence-corrected chi connectivity index (χ3v) is 6.69. The Labute approximate surface area is 207 Å². The molecule has 2 fully saturated rings. The minimum Gasteiger partial charge on any atom is -0.445 e. The van der Waals surface area contributed by atoms with Gasteiger partial charge in [-0.2, -0.15) is 13.9 Å². The van der Waals surface area contributed by atoms with Gasteiger partial charge in [-0.25, -0.2) is 13.9 Å². The number of alkyl halides is 2. The second-order valence-corrected chi connectivity index (χ2v) is 9.01. The minimum absolute atomic E-state index is 0.0100. The van der Waals surface area contributed by atoms with E-state index in [1.54, 1.807) is 6.07 Å². The molecule has 196 valence electrons. The number of nitrogens with one attached hydrogen (secondary N) is 2. The Morgan fingerprint density at radius 2 is 2.00 bits per heavy atom. The lowest BCUT2D eigenvalue weighted by Crippen LogP contribution is -2.52. The molecule has 2 aromatic rings. The van der Waals surface area contributed by atoms with Crippen LogP contribution in [-0.4, -0.2) is 57.2 Å². The van der Waals surface area contributed by atoms with Crippen LogP contribution in [0.2, 0.25) is 0 Å². The smallest absolute Gasteiger partial charge is 0.407 e. The number of fused-ring (bicyclic) bond motifs is 1. The van der Waals surface area contributed by atoms with Gasteiger partial charge in [0.2, 0.25) is 17.7 Å². The SMILES string of the molecule is O=C1CCC(N2Cc3ccc(COC(=O)NC4CC(n5nccc5OC(F)F)C4)c(F)c3C2=O)C(=O)N1. The van der Waals surface area contributed by atoms with Crippen LogP contribution in [-0.2, 0) is 27.5 Å². The van der Waals surface area contributed by atoms with Crippen molar-refractivity contribution in [1.82, 2.24) is 25.3 Å². The molecular weight excluding hydrogens is 499 g/mol. The van der Waals surface area contributed by atoms with Gasteiger partial charge < -0.3 is 19.7 Å². The first-order valence-electron chi connectivity index (χ1n) is 11.6. The van der Waals surface area contributed by atoms with Crippen LogP contribution in [0, 0.1) is 5.82 Å². The molecule has 1 aromatic heterocycles. The van der Waals surface area contributed by atoms with E-state index in [1.807, 2.05) is 0 Å². The Balaban J connectivity index is 1.14. The molecule has 1 aromatic carbocycles. The summed E-state index contributed by atoms with van der Waals surface area (Å²) in [6.07, 6.45) is 1.60. The summed E-state index contributed by atoms with van der Waals surface area (Å²) >= 11 is 0. The lowest BCUT2D eigenvalue weighted by molar-refractivity contribution is -0.136. The molecule has 3 heterocycles. The van der Waals surface area contributed by atoms with Gasteiger partial charge in [0.05, 0.1) is 17.8 Å². The number of amides is 4. The quantitative estimate of drug-likeness (QED) is 0.533. The summed E-state index contributed by atoms with van der Waals surface area (Å²) in [5.74, 6) is -2.58. The lowest BCUT2D eigenvalue weighted by atomic mass is 9.87. The molecule has 1 aliphatic carbocycles. The second kappa shape index (κ2) is 9.75. The van der Waals surface area contributed by atoms with E-state index in [2.05, 4.69) is 20.5 Å². The fourth-order valence-electron chi connectivity index (χ4n) is 4.78. The average Bonchev–Trinajstić information content (AvgIpc) is 3.39. The largest absolute Gasteiger partial charge is 0.445 e. The van der Waals surface area contributed by atoms with Gasteiger partial charge in [-0.05, 0) is 24.8 Å². The average molecular weight is 521 g/mol. The van der Waals surface area contributed by atoms with E-state index >= 15 is 4.39 Å². The first-order chi connectivity index (χ1) is 17.7. The van der Waals surface area contributed by atoms with Gasteiger partial charge in [0.1, 0.15) is 18.5 Å². The van der Waals surface area contributed by atoms with Crippen molar-refractivity contribution in [3.8, 4) is 5.88 Å². The highest BCUT2D eigenvalue weighted by molar-refractivity contribution is 6.05. The van der Waals surface area contributed by atoms with E-state index < -0.39 is 48.9 Å². The molecule has 2 N–H and O–H groups in total. The number of hydrogen-bond donors (Lipinski definition) is 2. The zero-order chi connectivity index (χ0) is 26.3. The van der Waals surface area contributed by atoms with Gasteiger partial charge >= 0.3 is 12.7 Å². The maximum Gasteiger partial charge on any atom is 0.407 e. The highest BCUT2D eigenvalue weighted by atomic mass is 19.3. The topological polar surface area (TPSA) is 132 Å². The van der Waals surface area contributed by atoms with Crippen molar-refractivity contribution in [2.24, 2.45) is 0 Å². The summed E-state index contributed by atoms with van der Waals surface area (Å²) in [6, 6.07) is 2.87. The summed E-state index contributed by atoms with van der Waals surface area (Å²) < 4.78 is 51.0. The van der Waals surface area contributed by atoms with Crippen molar-refractivity contribution in [1.29, 1.82) is 0 Å². The number of nitrogens with zero attached hydrogens (tertiary/aromatic N) is 3. The van der Waals surface area contributed by atoms with Crippen LogP contribution in [0.15, 0.2) is 24.4 Å². The summed E-state index contributed by atoms with van der Waals surface area (Å²) in [5.41, 5.74) is 0.202. The summed E-state index contributed by atoms with van der Waals surface area (Å²) in [6.45, 7) is -3.38. The normalized spacial score (nSPS) is 23.0. The zero-order valence-corrected chi connectivity index (χ0v) is 19.3. The number of ether oxygens (including phenoxy) is 2. The van der Waals surface area contributed by atoms with E-state index in [-0.39, 0.29) is 48.5 Å². The third kappa shape index (κ3) is 4.82. The molecule has 1 atom stereocenters. The van der Waals surface area contributed by atoms with E-state index in [0.717, 1.165) is 0 Å². The molecule has 2 aliphatic heterocycles. The van der Waals surface area contributed by atoms with Crippen LogP contribution < -0.4 is 15.4 Å². The summed E-state index contributed by atoms with van der Waals surface area (Å²) in [4.78, 5) is 49.9. The van der Waals surface area contributed by atoms with Gasteiger partial charge in [0.15, 0.2) is 0 Å². The van der Waals surface area contributed by atoms with E-state index in [0.29, 0.717) is 18.4 Å². The van der Waals surface area contributed by atoms with Crippen LogP contribution in [0.3, 0.4) is 0 Å². The van der Waals surface area contributed by atoms with E-state index in [9.17, 15) is 28.0 Å². The molecule has 3 aliphatic rings. The number of alkyl carbamates (subject to hydrolysis) is 1. The summed E-state index contributed by atoms with van der Waals surface area (Å²) in [5, 5.41) is 8.78. The standard InChI is InChI=1S/C23H22F3N5O6/c24-19-12(2-1-11-9-30(21(34)18(11)19)15-3-4-16(32)29-20(15)33)10-36-23(35)28-13-7-14(8-13)31-17(5-6-27-31)37-22(25)26/h1-2,5-6,13-15,22H,3-4,7-10H2,(H,28,35)(H,29,32,33). The third-order valence-electron chi connectivity index (χ3n) is 6.69. The van der Waals surface area contributed by atoms with Gasteiger partial charge in [-0.15, -0.1) is 0 Å². The number of hydrogen-bond acceptors (Lipinski definition) is 7. The van der Waals surface area contributed by atoms with Gasteiger partial charge in [0, 0.05) is 30.6 Å². The number of halogens is 3. The van der Waals surface area contributed by atoms with Crippen molar-refractivity contribution in [2.45, 2.75) is 63.6 Å². The Kier molecular flexibility index (Phi) is 6.48. The summed E-state index contributed by atoms with van der Waals surface area (Å²) in [7, 11) is 0. The number of benzene rings is 1. The highest BCUT2D eigenvalue weighted by Gasteiger charge is 2.41. The molecule has 1 saturated heterocycles. The van der Waals surface area contributed by atoms with E-state index in [4.69, 9.17) is 4.74 Å². The monoisotopic (exact) mass is 521 g/mol. The molecule has 1 saturated carbocycles. The molecule has 14 heteroatoms. The second-order valence-electron chi connectivity index (χ2n) is 9.01. The minimum atomic E-state index is -2.98. The number of carbonyl (C=O) groups excluding carboxylic acids is 4. The Morgan fingerprint density at radius 1 is 1.22 bits per heavy atom. The van der Waals surface area contributed by atoms with Crippen LogP contribution in [0.1, 0.15) is 53.2 Å². The van der Waals surface area contributed by atoms with Crippen molar-refractivity contribution in [2.75, 3.05) is 0 Å². The van der Waals surface area contributed by atoms with Crippen LogP contribution in [0.4, 0.5) is 18.0 Å². The number of piperidine rings is 1. The Bertz CT molecular complexity index is 1260. The van der Waals surface area contributed by atoms with Gasteiger partial charge in [-0.1, -0.05) is 12.1 Å². The molecule has 37 heavy (non-hydrogen) atoms. The van der Waals surface area contributed by atoms with E-state index in [1.165, 1.54) is 27.9 Å². The van der Waals surface area contributed by atoms with Crippen LogP contribution >= 0.6 is 0 Å². The molecule has 0 spiro atoms. The van der Waals surface area contributed by atoms with Crippen molar-refractivity contribution >= 4 is 23.8 Å². The molecule has 11 nitrogen and oxygen atoms in total. The number of carbonyl (C=O) groups is 4. The number of rotatable bonds is 7. The number of aromatic nitrogens is 2. The van der Waals surface area contributed by atoms with Crippen LogP contribution in [0.5, 0.6) is 5.88 Å². The molecular formula is C23H22F3N5O6. The van der Waals surface area contributed by atoms with Crippen LogP contribution in [0.25, 0.3) is 0 Å². The fourth-order valence-corrected chi connectivity index (χ4v) is 4.78. The first kappa shape index (κ1) is 24.6. The molecule has 0 radical (unpaired) electrons. The van der Waals surface area contributed by atoms with Gasteiger partial charge in [-0.3, -0.25) is 19.7 Å². The lowest BCUT2D eigenvalue weighted by Gasteiger charge is -2.35. The Morgan fingerprint density at radius 3 is 2.73 bits per heavy atom.